The van der Waals surface area contributed by atoms with Crippen molar-refractivity contribution >= 4 is 5.91 Å². The number of hydrogen-bond acceptors (Lipinski definition) is 2. The Balaban J connectivity index is 1.90. The standard InChI is InChI=1S/C15H25N3O/c1-11(2)8-14-9-18(12(3)16-14)10-15(19)17-13-6-4-5-7-13/h9,11,13H,4-8,10H2,1-3H3,(H,17,19). The average Bonchev–Trinajstić information content (AvgIpc) is 2.89. The molecule has 1 N–H and O–H groups in total. The predicted molar refractivity (Wildman–Crippen MR) is 75.9 cm³/mol. The van der Waals surface area contributed by atoms with Crippen molar-refractivity contribution in [2.24, 2.45) is 5.92 Å². The summed E-state index contributed by atoms with van der Waals surface area (Å²) in [6.45, 7) is 6.72. The van der Waals surface area contributed by atoms with Crippen LogP contribution in [-0.2, 0) is 17.8 Å². The molecule has 4 nitrogen and oxygen atoms in total. The quantitative estimate of drug-likeness (QED) is 0.887. The molecule has 0 atom stereocenters. The first-order chi connectivity index (χ1) is 9.04. The third-order valence-corrected chi connectivity index (χ3v) is 3.68. The van der Waals surface area contributed by atoms with Gasteiger partial charge in [0.25, 0.3) is 0 Å². The van der Waals surface area contributed by atoms with Crippen molar-refractivity contribution in [3.8, 4) is 0 Å². The lowest BCUT2D eigenvalue weighted by atomic mass is 10.1. The molecule has 0 saturated heterocycles. The molecule has 0 aliphatic heterocycles. The topological polar surface area (TPSA) is 46.9 Å². The molecule has 1 amide bonds. The number of nitrogens with one attached hydrogen (secondary N) is 1. The largest absolute Gasteiger partial charge is 0.352 e. The van der Waals surface area contributed by atoms with Gasteiger partial charge in [-0.1, -0.05) is 26.7 Å². The van der Waals surface area contributed by atoms with E-state index in [1.54, 1.807) is 0 Å². The van der Waals surface area contributed by atoms with Crippen LogP contribution in [0.5, 0.6) is 0 Å². The lowest BCUT2D eigenvalue weighted by molar-refractivity contribution is -0.122. The predicted octanol–water partition coefficient (Wildman–Crippen LogP) is 2.45. The highest BCUT2D eigenvalue weighted by Gasteiger charge is 2.17. The van der Waals surface area contributed by atoms with Gasteiger partial charge in [0.05, 0.1) is 5.69 Å². The molecule has 19 heavy (non-hydrogen) atoms. The minimum Gasteiger partial charge on any atom is -0.352 e. The summed E-state index contributed by atoms with van der Waals surface area (Å²) in [7, 11) is 0. The average molecular weight is 263 g/mol. The fraction of sp³-hybridized carbons (Fsp3) is 0.733. The van der Waals surface area contributed by atoms with E-state index in [4.69, 9.17) is 0 Å². The lowest BCUT2D eigenvalue weighted by Gasteiger charge is -2.12. The van der Waals surface area contributed by atoms with Gasteiger partial charge in [-0.05, 0) is 32.1 Å². The molecule has 1 fully saturated rings. The first kappa shape index (κ1) is 14.1. The van der Waals surface area contributed by atoms with Crippen LogP contribution in [-0.4, -0.2) is 21.5 Å². The van der Waals surface area contributed by atoms with E-state index in [0.717, 1.165) is 30.8 Å². The number of carbonyl (C=O) groups is 1. The highest BCUT2D eigenvalue weighted by Crippen LogP contribution is 2.17. The highest BCUT2D eigenvalue weighted by molar-refractivity contribution is 5.76. The van der Waals surface area contributed by atoms with Crippen molar-refractivity contribution in [2.75, 3.05) is 0 Å². The van der Waals surface area contributed by atoms with E-state index in [0.29, 0.717) is 18.5 Å². The fourth-order valence-electron chi connectivity index (χ4n) is 2.75. The van der Waals surface area contributed by atoms with Crippen LogP contribution in [0.3, 0.4) is 0 Å². The minimum atomic E-state index is 0.114. The Morgan fingerprint density at radius 2 is 2.16 bits per heavy atom. The summed E-state index contributed by atoms with van der Waals surface area (Å²) in [5.41, 5.74) is 1.08. The van der Waals surface area contributed by atoms with Crippen LogP contribution in [0.15, 0.2) is 6.20 Å². The number of rotatable bonds is 5. The maximum atomic E-state index is 12.0. The van der Waals surface area contributed by atoms with Crippen molar-refractivity contribution in [1.82, 2.24) is 14.9 Å². The molecule has 2 rings (SSSR count). The van der Waals surface area contributed by atoms with Crippen LogP contribution in [0.25, 0.3) is 0 Å². The van der Waals surface area contributed by atoms with Gasteiger partial charge in [0.2, 0.25) is 5.91 Å². The third-order valence-electron chi connectivity index (χ3n) is 3.68. The molecule has 0 bridgehead atoms. The molecule has 1 aromatic rings. The Kier molecular flexibility index (Phi) is 4.61. The molecular formula is C15H25N3O. The van der Waals surface area contributed by atoms with Crippen molar-refractivity contribution in [3.63, 3.8) is 0 Å². The van der Waals surface area contributed by atoms with E-state index in [1.807, 2.05) is 17.7 Å². The molecule has 0 radical (unpaired) electrons. The van der Waals surface area contributed by atoms with E-state index in [2.05, 4.69) is 24.1 Å². The zero-order valence-corrected chi connectivity index (χ0v) is 12.3. The number of hydrogen-bond donors (Lipinski definition) is 1. The summed E-state index contributed by atoms with van der Waals surface area (Å²) < 4.78 is 1.96. The van der Waals surface area contributed by atoms with Crippen LogP contribution >= 0.6 is 0 Å². The Labute approximate surface area is 115 Å². The van der Waals surface area contributed by atoms with Crippen LogP contribution in [0, 0.1) is 12.8 Å². The van der Waals surface area contributed by atoms with Gasteiger partial charge in [-0.15, -0.1) is 0 Å². The maximum Gasteiger partial charge on any atom is 0.240 e. The number of aromatic nitrogens is 2. The van der Waals surface area contributed by atoms with Crippen molar-refractivity contribution in [3.05, 3.63) is 17.7 Å². The lowest BCUT2D eigenvalue weighted by Crippen LogP contribution is -2.35. The second kappa shape index (κ2) is 6.22. The Hall–Kier alpha value is -1.32. The van der Waals surface area contributed by atoms with E-state index < -0.39 is 0 Å². The Bertz CT molecular complexity index is 431. The number of amides is 1. The van der Waals surface area contributed by atoms with Crippen molar-refractivity contribution in [2.45, 2.75) is 65.5 Å². The Morgan fingerprint density at radius 3 is 2.79 bits per heavy atom. The van der Waals surface area contributed by atoms with Crippen molar-refractivity contribution < 1.29 is 4.79 Å². The van der Waals surface area contributed by atoms with Gasteiger partial charge < -0.3 is 9.88 Å². The fourth-order valence-corrected chi connectivity index (χ4v) is 2.75. The van der Waals surface area contributed by atoms with E-state index >= 15 is 0 Å². The normalized spacial score (nSPS) is 16.2. The van der Waals surface area contributed by atoms with Gasteiger partial charge in [-0.25, -0.2) is 4.98 Å². The van der Waals surface area contributed by atoms with Gasteiger partial charge in [-0.3, -0.25) is 4.79 Å². The summed E-state index contributed by atoms with van der Waals surface area (Å²) in [5.74, 6) is 1.63. The number of aryl methyl sites for hydroxylation is 1. The molecule has 4 heteroatoms. The van der Waals surface area contributed by atoms with Crippen LogP contribution in [0.4, 0.5) is 0 Å². The van der Waals surface area contributed by atoms with E-state index in [9.17, 15) is 4.79 Å². The minimum absolute atomic E-state index is 0.114. The molecule has 1 aromatic heterocycles. The summed E-state index contributed by atoms with van der Waals surface area (Å²) >= 11 is 0. The van der Waals surface area contributed by atoms with Gasteiger partial charge in [-0.2, -0.15) is 0 Å². The van der Waals surface area contributed by atoms with E-state index in [-0.39, 0.29) is 5.91 Å². The number of imidazole rings is 1. The summed E-state index contributed by atoms with van der Waals surface area (Å²) in [6.07, 6.45) is 7.74. The first-order valence-electron chi connectivity index (χ1n) is 7.36. The molecule has 1 saturated carbocycles. The molecule has 1 aliphatic rings. The van der Waals surface area contributed by atoms with Crippen LogP contribution < -0.4 is 5.32 Å². The van der Waals surface area contributed by atoms with Gasteiger partial charge >= 0.3 is 0 Å². The Morgan fingerprint density at radius 1 is 1.47 bits per heavy atom. The zero-order valence-electron chi connectivity index (χ0n) is 12.3. The first-order valence-corrected chi connectivity index (χ1v) is 7.36. The number of carbonyl (C=O) groups excluding carboxylic acids is 1. The smallest absolute Gasteiger partial charge is 0.240 e. The summed E-state index contributed by atoms with van der Waals surface area (Å²) in [6, 6.07) is 0.395. The second-order valence-corrected chi connectivity index (χ2v) is 6.05. The maximum absolute atomic E-state index is 12.0. The van der Waals surface area contributed by atoms with Crippen molar-refractivity contribution in [1.29, 1.82) is 0 Å². The summed E-state index contributed by atoms with van der Waals surface area (Å²) in [4.78, 5) is 16.5. The monoisotopic (exact) mass is 263 g/mol. The molecule has 0 aromatic carbocycles. The van der Waals surface area contributed by atoms with E-state index in [1.165, 1.54) is 12.8 Å². The molecular weight excluding hydrogens is 238 g/mol. The van der Waals surface area contributed by atoms with Gasteiger partial charge in [0.1, 0.15) is 12.4 Å². The SMILES string of the molecule is Cc1nc(CC(C)C)cn1CC(=O)NC1CCCC1. The zero-order chi connectivity index (χ0) is 13.8. The highest BCUT2D eigenvalue weighted by atomic mass is 16.2. The second-order valence-electron chi connectivity index (χ2n) is 6.05. The summed E-state index contributed by atoms with van der Waals surface area (Å²) in [5, 5.41) is 3.12. The third kappa shape index (κ3) is 4.08. The molecule has 106 valence electrons. The molecule has 0 unspecified atom stereocenters. The number of nitrogens with zero attached hydrogens (tertiary/aromatic N) is 2. The van der Waals surface area contributed by atoms with Gasteiger partial charge in [0, 0.05) is 12.2 Å². The van der Waals surface area contributed by atoms with Crippen LogP contribution in [0.2, 0.25) is 0 Å². The molecule has 0 spiro atoms. The molecule has 1 aliphatic carbocycles. The van der Waals surface area contributed by atoms with Crippen LogP contribution in [0.1, 0.15) is 51.0 Å². The van der Waals surface area contributed by atoms with Gasteiger partial charge in [0.15, 0.2) is 0 Å². The molecule has 1 heterocycles.